The number of aromatic nitrogens is 1. The van der Waals surface area contributed by atoms with Crippen LogP contribution in [-0.4, -0.2) is 22.6 Å². The predicted octanol–water partition coefficient (Wildman–Crippen LogP) is 4.68. The van der Waals surface area contributed by atoms with Crippen LogP contribution < -0.4 is 10.6 Å². The average molecular weight is 400 g/mol. The summed E-state index contributed by atoms with van der Waals surface area (Å²) in [5.41, 5.74) is 1.80. The van der Waals surface area contributed by atoms with E-state index in [4.69, 9.17) is 0 Å². The molecule has 0 spiro atoms. The van der Waals surface area contributed by atoms with Crippen LogP contribution in [0.15, 0.2) is 24.3 Å². The van der Waals surface area contributed by atoms with Crippen molar-refractivity contribution in [1.29, 1.82) is 0 Å². The van der Waals surface area contributed by atoms with Crippen LogP contribution in [0.3, 0.4) is 0 Å². The maximum Gasteiger partial charge on any atom is 0.257 e. The highest BCUT2D eigenvalue weighted by atomic mass is 32.1. The lowest BCUT2D eigenvalue weighted by atomic mass is 9.78. The van der Waals surface area contributed by atoms with Crippen molar-refractivity contribution >= 4 is 39.8 Å². The minimum atomic E-state index is -0.290. The lowest BCUT2D eigenvalue weighted by molar-refractivity contribution is -0.116. The highest BCUT2D eigenvalue weighted by Crippen LogP contribution is 2.38. The van der Waals surface area contributed by atoms with Gasteiger partial charge in [0, 0.05) is 24.1 Å². The Morgan fingerprint density at radius 3 is 2.54 bits per heavy atom. The molecular weight excluding hydrogens is 374 g/mol. The van der Waals surface area contributed by atoms with Crippen LogP contribution in [0.4, 0.5) is 10.8 Å². The van der Waals surface area contributed by atoms with Gasteiger partial charge in [-0.2, -0.15) is 0 Å². The molecule has 0 saturated heterocycles. The lowest BCUT2D eigenvalue weighted by Crippen LogP contribution is -2.26. The molecule has 1 aromatic carbocycles. The molecule has 2 N–H and O–H groups in total. The maximum atomic E-state index is 12.5. The molecule has 7 heteroatoms. The Bertz CT molecular complexity index is 900. The van der Waals surface area contributed by atoms with E-state index in [9.17, 15) is 14.4 Å². The quantitative estimate of drug-likeness (QED) is 0.738. The number of thiazole rings is 1. The number of hydrogen-bond donors (Lipinski definition) is 2. The molecule has 0 fully saturated rings. The van der Waals surface area contributed by atoms with Crippen LogP contribution in [0.1, 0.15) is 72.2 Å². The van der Waals surface area contributed by atoms with Crippen molar-refractivity contribution in [2.75, 3.05) is 10.6 Å². The maximum absolute atomic E-state index is 12.5. The van der Waals surface area contributed by atoms with Crippen LogP contribution in [-0.2, 0) is 11.2 Å². The van der Waals surface area contributed by atoms with Gasteiger partial charge in [-0.15, -0.1) is 0 Å². The fraction of sp³-hybridized carbons (Fsp3) is 0.429. The van der Waals surface area contributed by atoms with E-state index in [1.807, 2.05) is 20.8 Å². The number of benzene rings is 1. The zero-order valence-corrected chi connectivity index (χ0v) is 17.2. The molecule has 6 nitrogen and oxygen atoms in total. The van der Waals surface area contributed by atoms with Crippen molar-refractivity contribution in [1.82, 2.24) is 4.98 Å². The summed E-state index contributed by atoms with van der Waals surface area (Å²) in [5, 5.41) is 6.04. The Morgan fingerprint density at radius 1 is 1.14 bits per heavy atom. The first-order valence-electron chi connectivity index (χ1n) is 9.51. The molecule has 0 saturated carbocycles. The molecule has 28 heavy (non-hydrogen) atoms. The van der Waals surface area contributed by atoms with Crippen LogP contribution in [0.2, 0.25) is 0 Å². The number of nitrogens with one attached hydrogen (secondary N) is 2. The van der Waals surface area contributed by atoms with Gasteiger partial charge in [-0.05, 0) is 42.5 Å². The minimum absolute atomic E-state index is 0.0278. The molecule has 3 rings (SSSR count). The minimum Gasteiger partial charge on any atom is -0.326 e. The van der Waals surface area contributed by atoms with Crippen LogP contribution >= 0.6 is 11.3 Å². The van der Waals surface area contributed by atoms with Gasteiger partial charge in [0.15, 0.2) is 10.9 Å². The molecule has 1 aromatic heterocycles. The second kappa shape index (κ2) is 8.22. The van der Waals surface area contributed by atoms with Gasteiger partial charge in [-0.1, -0.05) is 38.5 Å². The second-order valence-electron chi connectivity index (χ2n) is 7.92. The number of anilines is 2. The van der Waals surface area contributed by atoms with Gasteiger partial charge in [0.05, 0.1) is 10.6 Å². The van der Waals surface area contributed by atoms with Gasteiger partial charge in [0.25, 0.3) is 5.91 Å². The number of fused-ring (bicyclic) bond motifs is 1. The third kappa shape index (κ3) is 4.84. The summed E-state index contributed by atoms with van der Waals surface area (Å²) < 4.78 is 0. The van der Waals surface area contributed by atoms with Gasteiger partial charge in [0.2, 0.25) is 5.91 Å². The molecule has 1 aliphatic carbocycles. The van der Waals surface area contributed by atoms with Gasteiger partial charge >= 0.3 is 0 Å². The predicted molar refractivity (Wildman–Crippen MR) is 111 cm³/mol. The topological polar surface area (TPSA) is 88.2 Å². The Kier molecular flexibility index (Phi) is 5.93. The summed E-state index contributed by atoms with van der Waals surface area (Å²) in [7, 11) is 0. The highest BCUT2D eigenvalue weighted by Gasteiger charge is 2.34. The Balaban J connectivity index is 1.64. The van der Waals surface area contributed by atoms with Crippen molar-refractivity contribution in [3.05, 3.63) is 40.4 Å². The van der Waals surface area contributed by atoms with E-state index < -0.39 is 0 Å². The number of ketones is 1. The molecule has 1 aliphatic rings. The van der Waals surface area contributed by atoms with Gasteiger partial charge in [-0.3, -0.25) is 19.7 Å². The smallest absolute Gasteiger partial charge is 0.257 e. The number of nitrogens with zero attached hydrogens (tertiary/aromatic N) is 1. The van der Waals surface area contributed by atoms with Gasteiger partial charge in [0.1, 0.15) is 0 Å². The van der Waals surface area contributed by atoms with Crippen LogP contribution in [0.25, 0.3) is 0 Å². The normalized spacial score (nSPS) is 15.0. The summed E-state index contributed by atoms with van der Waals surface area (Å²) in [6.45, 7) is 6.14. The summed E-state index contributed by atoms with van der Waals surface area (Å²) in [6.07, 6.45) is 3.54. The lowest BCUT2D eigenvalue weighted by Gasteiger charge is -2.26. The highest BCUT2D eigenvalue weighted by molar-refractivity contribution is 7.17. The van der Waals surface area contributed by atoms with E-state index in [1.54, 1.807) is 24.3 Å². The molecule has 148 valence electrons. The standard InChI is InChI=1S/C21H25N3O3S/c1-4-5-6-17(26)22-14-9-7-13(8-10-14)19(27)24-20-23-15-11-21(2,3)12-16(25)18(15)28-20/h7-10H,4-6,11-12H2,1-3H3,(H,22,26)(H,23,24,27). The van der Waals surface area contributed by atoms with Crippen molar-refractivity contribution in [2.45, 2.75) is 52.9 Å². The number of hydrogen-bond acceptors (Lipinski definition) is 5. The first kappa shape index (κ1) is 20.2. The molecule has 0 atom stereocenters. The molecule has 1 heterocycles. The number of unbranched alkanes of at least 4 members (excludes halogenated alkanes) is 1. The fourth-order valence-electron chi connectivity index (χ4n) is 3.21. The summed E-state index contributed by atoms with van der Waals surface area (Å²) in [6, 6.07) is 6.73. The molecule has 2 aromatic rings. The van der Waals surface area contributed by atoms with Gasteiger partial charge in [-0.25, -0.2) is 4.98 Å². The first-order valence-corrected chi connectivity index (χ1v) is 10.3. The molecule has 0 radical (unpaired) electrons. The van der Waals surface area contributed by atoms with E-state index in [0.717, 1.165) is 25.0 Å². The number of rotatable bonds is 6. The van der Waals surface area contributed by atoms with E-state index in [0.29, 0.717) is 34.1 Å². The average Bonchev–Trinajstić information content (AvgIpc) is 3.01. The fourth-order valence-corrected chi connectivity index (χ4v) is 4.12. The third-order valence-electron chi connectivity index (χ3n) is 4.64. The zero-order chi connectivity index (χ0) is 20.3. The van der Waals surface area contributed by atoms with E-state index >= 15 is 0 Å². The van der Waals surface area contributed by atoms with Crippen molar-refractivity contribution in [2.24, 2.45) is 5.41 Å². The molecule has 0 bridgehead atoms. The van der Waals surface area contributed by atoms with Crippen LogP contribution in [0.5, 0.6) is 0 Å². The van der Waals surface area contributed by atoms with E-state index in [1.165, 1.54) is 11.3 Å². The number of carbonyl (C=O) groups is 3. The van der Waals surface area contributed by atoms with Crippen LogP contribution in [0, 0.1) is 5.41 Å². The van der Waals surface area contributed by atoms with E-state index in [2.05, 4.69) is 15.6 Å². The van der Waals surface area contributed by atoms with E-state index in [-0.39, 0.29) is 23.0 Å². The largest absolute Gasteiger partial charge is 0.326 e. The number of amides is 2. The molecule has 0 unspecified atom stereocenters. The number of carbonyl (C=O) groups excluding carboxylic acids is 3. The summed E-state index contributed by atoms with van der Waals surface area (Å²) in [5.74, 6) is -0.228. The summed E-state index contributed by atoms with van der Waals surface area (Å²) >= 11 is 1.24. The number of Topliss-reactive ketones (excluding diaryl/α,β-unsaturated/α-hetero) is 1. The molecule has 2 amide bonds. The molecule has 0 aliphatic heterocycles. The second-order valence-corrected chi connectivity index (χ2v) is 8.92. The SMILES string of the molecule is CCCCC(=O)Nc1ccc(C(=O)Nc2nc3c(s2)C(=O)CC(C)(C)C3)cc1. The third-order valence-corrected chi connectivity index (χ3v) is 5.70. The van der Waals surface area contributed by atoms with Gasteiger partial charge < -0.3 is 5.32 Å². The first-order chi connectivity index (χ1) is 13.3. The Hall–Kier alpha value is -2.54. The van der Waals surface area contributed by atoms with Crippen molar-refractivity contribution in [3.63, 3.8) is 0 Å². The molecular formula is C21H25N3O3S. The Labute approximate surface area is 168 Å². The van der Waals surface area contributed by atoms with Crippen molar-refractivity contribution in [3.8, 4) is 0 Å². The monoisotopic (exact) mass is 399 g/mol. The van der Waals surface area contributed by atoms with Crippen molar-refractivity contribution < 1.29 is 14.4 Å². The zero-order valence-electron chi connectivity index (χ0n) is 16.4. The summed E-state index contributed by atoms with van der Waals surface area (Å²) in [4.78, 5) is 41.7. The Morgan fingerprint density at radius 2 is 1.86 bits per heavy atom.